The summed E-state index contributed by atoms with van der Waals surface area (Å²) in [5, 5.41) is 6.99. The van der Waals surface area contributed by atoms with Crippen LogP contribution >= 0.6 is 22.9 Å². The van der Waals surface area contributed by atoms with Crippen molar-refractivity contribution in [1.82, 2.24) is 19.7 Å². The fourth-order valence-corrected chi connectivity index (χ4v) is 4.81. The molecule has 5 rings (SSSR count). The number of fused-ring (bicyclic) bond motifs is 1. The molecule has 12 heteroatoms. The molecule has 0 spiro atoms. The van der Waals surface area contributed by atoms with Crippen LogP contribution in [0.15, 0.2) is 53.0 Å². The largest absolute Gasteiger partial charge is 0.416 e. The van der Waals surface area contributed by atoms with Gasteiger partial charge in [0.2, 0.25) is 0 Å². The van der Waals surface area contributed by atoms with Gasteiger partial charge in [-0.2, -0.15) is 23.0 Å². The van der Waals surface area contributed by atoms with E-state index in [2.05, 4.69) is 20.0 Å². The van der Waals surface area contributed by atoms with Crippen LogP contribution in [0.2, 0.25) is 5.02 Å². The van der Waals surface area contributed by atoms with Gasteiger partial charge in [-0.05, 0) is 29.6 Å². The van der Waals surface area contributed by atoms with E-state index in [1.165, 1.54) is 18.3 Å². The van der Waals surface area contributed by atoms with E-state index in [1.807, 2.05) is 16.3 Å². The summed E-state index contributed by atoms with van der Waals surface area (Å²) < 4.78 is 40.0. The Morgan fingerprint density at radius 3 is 2.55 bits per heavy atom. The van der Waals surface area contributed by atoms with Gasteiger partial charge in [0.1, 0.15) is 22.0 Å². The lowest BCUT2D eigenvalue weighted by atomic mass is 10.2. The molecule has 0 saturated carbocycles. The number of anilines is 2. The number of hydrogen-bond acceptors (Lipinski definition) is 7. The Balaban J connectivity index is 1.38. The molecule has 1 aromatic carbocycles. The van der Waals surface area contributed by atoms with Crippen LogP contribution in [0.4, 0.5) is 24.7 Å². The number of alkyl halides is 3. The third-order valence-corrected chi connectivity index (χ3v) is 6.66. The van der Waals surface area contributed by atoms with E-state index in [4.69, 9.17) is 11.6 Å². The molecule has 1 aliphatic heterocycles. The summed E-state index contributed by atoms with van der Waals surface area (Å²) in [6.07, 6.45) is -1.56. The monoisotopic (exact) mass is 492 g/mol. The number of halogens is 4. The minimum Gasteiger partial charge on any atom is -0.365 e. The Labute approximate surface area is 194 Å². The summed E-state index contributed by atoms with van der Waals surface area (Å²) in [6, 6.07) is 6.41. The van der Waals surface area contributed by atoms with Gasteiger partial charge in [-0.1, -0.05) is 17.7 Å². The van der Waals surface area contributed by atoms with Crippen molar-refractivity contribution in [1.29, 1.82) is 0 Å². The second-order valence-corrected chi connectivity index (χ2v) is 8.69. The molecule has 0 atom stereocenters. The molecule has 3 aromatic heterocycles. The Kier molecular flexibility index (Phi) is 5.45. The highest BCUT2D eigenvalue weighted by atomic mass is 35.5. The van der Waals surface area contributed by atoms with Gasteiger partial charge in [0.25, 0.3) is 5.56 Å². The van der Waals surface area contributed by atoms with Gasteiger partial charge in [0, 0.05) is 26.2 Å². The van der Waals surface area contributed by atoms with Gasteiger partial charge < -0.3 is 9.80 Å². The first-order valence-electron chi connectivity index (χ1n) is 9.96. The number of aromatic nitrogens is 4. The van der Waals surface area contributed by atoms with E-state index >= 15 is 0 Å². The van der Waals surface area contributed by atoms with E-state index < -0.39 is 17.3 Å². The van der Waals surface area contributed by atoms with Crippen LogP contribution in [0.25, 0.3) is 15.9 Å². The summed E-state index contributed by atoms with van der Waals surface area (Å²) in [7, 11) is 0. The third-order valence-electron chi connectivity index (χ3n) is 5.48. The highest BCUT2D eigenvalue weighted by Gasteiger charge is 2.31. The number of nitrogens with zero attached hydrogens (tertiary/aromatic N) is 6. The van der Waals surface area contributed by atoms with Crippen LogP contribution in [-0.2, 0) is 6.18 Å². The highest BCUT2D eigenvalue weighted by molar-refractivity contribution is 7.16. The van der Waals surface area contributed by atoms with E-state index in [0.29, 0.717) is 31.9 Å². The van der Waals surface area contributed by atoms with Crippen LogP contribution in [-0.4, -0.2) is 45.9 Å². The van der Waals surface area contributed by atoms with Crippen LogP contribution in [0.5, 0.6) is 0 Å². The van der Waals surface area contributed by atoms with Crippen molar-refractivity contribution < 1.29 is 13.2 Å². The zero-order chi connectivity index (χ0) is 23.2. The second-order valence-electron chi connectivity index (χ2n) is 7.42. The normalized spacial score (nSPS) is 14.8. The standard InChI is InChI=1S/C21H16ClF3N6OS/c22-17-16(11-28-31(20(17)32)14-3-1-2-13(10-14)21(23,24)25)29-5-7-30(8-6-29)18-15-4-9-33-19(15)27-12-26-18/h1-4,9-12H,5-8H2. The zero-order valence-corrected chi connectivity index (χ0v) is 18.5. The molecule has 0 radical (unpaired) electrons. The van der Waals surface area contributed by atoms with Crippen molar-refractivity contribution in [2.75, 3.05) is 36.0 Å². The van der Waals surface area contributed by atoms with Gasteiger partial charge in [-0.3, -0.25) is 4.79 Å². The summed E-state index contributed by atoms with van der Waals surface area (Å²) in [5.74, 6) is 0.866. The molecule has 0 aliphatic carbocycles. The van der Waals surface area contributed by atoms with E-state index in [9.17, 15) is 18.0 Å². The van der Waals surface area contributed by atoms with Crippen molar-refractivity contribution in [3.05, 3.63) is 69.2 Å². The average Bonchev–Trinajstić information content (AvgIpc) is 3.30. The molecule has 0 amide bonds. The third kappa shape index (κ3) is 4.02. The number of rotatable bonds is 3. The first kappa shape index (κ1) is 21.7. The van der Waals surface area contributed by atoms with Gasteiger partial charge in [0.05, 0.1) is 28.5 Å². The molecular weight excluding hydrogens is 477 g/mol. The predicted molar refractivity (Wildman–Crippen MR) is 122 cm³/mol. The van der Waals surface area contributed by atoms with E-state index in [0.717, 1.165) is 32.8 Å². The minimum absolute atomic E-state index is 0.00312. The molecule has 1 fully saturated rings. The molecule has 170 valence electrons. The quantitative estimate of drug-likeness (QED) is 0.426. The molecule has 1 saturated heterocycles. The van der Waals surface area contributed by atoms with Gasteiger partial charge >= 0.3 is 6.18 Å². The van der Waals surface area contributed by atoms with Crippen LogP contribution < -0.4 is 15.4 Å². The minimum atomic E-state index is -4.53. The molecule has 0 N–H and O–H groups in total. The Hall–Kier alpha value is -3.18. The average molecular weight is 493 g/mol. The summed E-state index contributed by atoms with van der Waals surface area (Å²) in [5.41, 5.74) is -1.09. The van der Waals surface area contributed by atoms with E-state index in [-0.39, 0.29) is 10.7 Å². The smallest absolute Gasteiger partial charge is 0.365 e. The molecule has 33 heavy (non-hydrogen) atoms. The number of thiophene rings is 1. The first-order valence-corrected chi connectivity index (χ1v) is 11.2. The van der Waals surface area contributed by atoms with Gasteiger partial charge in [-0.15, -0.1) is 11.3 Å². The maximum Gasteiger partial charge on any atom is 0.416 e. The Bertz CT molecular complexity index is 1380. The van der Waals surface area contributed by atoms with E-state index in [1.54, 1.807) is 17.7 Å². The van der Waals surface area contributed by atoms with Crippen molar-refractivity contribution in [2.24, 2.45) is 0 Å². The molecule has 0 unspecified atom stereocenters. The topological polar surface area (TPSA) is 67.2 Å². The summed E-state index contributed by atoms with van der Waals surface area (Å²) in [6.45, 7) is 2.44. The lowest BCUT2D eigenvalue weighted by Crippen LogP contribution is -2.47. The first-order chi connectivity index (χ1) is 15.8. The van der Waals surface area contributed by atoms with Gasteiger partial charge in [-0.25, -0.2) is 9.97 Å². The summed E-state index contributed by atoms with van der Waals surface area (Å²) in [4.78, 5) is 26.6. The summed E-state index contributed by atoms with van der Waals surface area (Å²) >= 11 is 7.91. The zero-order valence-electron chi connectivity index (χ0n) is 17.0. The molecule has 7 nitrogen and oxygen atoms in total. The fraction of sp³-hybridized carbons (Fsp3) is 0.238. The highest BCUT2D eigenvalue weighted by Crippen LogP contribution is 2.31. The molecule has 1 aliphatic rings. The van der Waals surface area contributed by atoms with Crippen molar-refractivity contribution in [3.8, 4) is 5.69 Å². The lowest BCUT2D eigenvalue weighted by molar-refractivity contribution is -0.137. The number of benzene rings is 1. The molecule has 4 aromatic rings. The lowest BCUT2D eigenvalue weighted by Gasteiger charge is -2.36. The molecular formula is C21H16ClF3N6OS. The number of hydrogen-bond donors (Lipinski definition) is 0. The van der Waals surface area contributed by atoms with Crippen molar-refractivity contribution >= 4 is 44.7 Å². The molecule has 4 heterocycles. The van der Waals surface area contributed by atoms with Crippen molar-refractivity contribution in [3.63, 3.8) is 0 Å². The maximum atomic E-state index is 13.0. The van der Waals surface area contributed by atoms with Crippen LogP contribution in [0.3, 0.4) is 0 Å². The van der Waals surface area contributed by atoms with Crippen LogP contribution in [0.1, 0.15) is 5.56 Å². The second kappa shape index (κ2) is 8.31. The predicted octanol–water partition coefficient (Wildman–Crippen LogP) is 4.24. The maximum absolute atomic E-state index is 13.0. The van der Waals surface area contributed by atoms with Gasteiger partial charge in [0.15, 0.2) is 0 Å². The van der Waals surface area contributed by atoms with Crippen molar-refractivity contribution in [2.45, 2.75) is 6.18 Å². The SMILES string of the molecule is O=c1c(Cl)c(N2CCN(c3ncnc4sccc34)CC2)cnn1-c1cccc(C(F)(F)F)c1. The Morgan fingerprint density at radius 2 is 1.79 bits per heavy atom. The number of piperazine rings is 1. The Morgan fingerprint density at radius 1 is 1.03 bits per heavy atom. The molecule has 0 bridgehead atoms. The fourth-order valence-electron chi connectivity index (χ4n) is 3.83. The van der Waals surface area contributed by atoms with Crippen LogP contribution in [0, 0.1) is 0 Å².